The number of nitrogens with one attached hydrogen (secondary N) is 2. The number of halogens is 2. The van der Waals surface area contributed by atoms with Gasteiger partial charge in [0.05, 0.1) is 12.6 Å². The van der Waals surface area contributed by atoms with Crippen LogP contribution in [0, 0.1) is 5.82 Å². The Balaban J connectivity index is 0.00000288. The second kappa shape index (κ2) is 11.4. The lowest BCUT2D eigenvalue weighted by atomic mass is 10.1. The van der Waals surface area contributed by atoms with Crippen molar-refractivity contribution in [3.05, 3.63) is 58.0 Å². The second-order valence-electron chi connectivity index (χ2n) is 4.98. The molecule has 2 rings (SSSR count). The predicted octanol–water partition coefficient (Wildman–Crippen LogP) is 3.95. The molecule has 0 fully saturated rings. The normalized spacial score (nSPS) is 12.4. The minimum Gasteiger partial charge on any atom is -0.375 e. The quantitative estimate of drug-likeness (QED) is 0.372. The van der Waals surface area contributed by atoms with E-state index in [0.29, 0.717) is 13.1 Å². The number of aliphatic imine (C=N–C) groups is 1. The van der Waals surface area contributed by atoms with E-state index in [4.69, 9.17) is 4.74 Å². The lowest BCUT2D eigenvalue weighted by Gasteiger charge is -2.18. The number of guanidine groups is 1. The van der Waals surface area contributed by atoms with Crippen LogP contribution in [0.1, 0.15) is 24.2 Å². The highest BCUT2D eigenvalue weighted by molar-refractivity contribution is 14.0. The predicted molar refractivity (Wildman–Crippen MR) is 109 cm³/mol. The van der Waals surface area contributed by atoms with E-state index in [-0.39, 0.29) is 35.9 Å². The van der Waals surface area contributed by atoms with Crippen molar-refractivity contribution in [1.29, 1.82) is 0 Å². The van der Waals surface area contributed by atoms with Crippen LogP contribution in [0.25, 0.3) is 0 Å². The van der Waals surface area contributed by atoms with Gasteiger partial charge in [-0.25, -0.2) is 9.38 Å². The van der Waals surface area contributed by atoms with Crippen LogP contribution < -0.4 is 10.6 Å². The molecule has 1 aromatic carbocycles. The van der Waals surface area contributed by atoms with Crippen LogP contribution in [0.3, 0.4) is 0 Å². The van der Waals surface area contributed by atoms with Gasteiger partial charge in [0.25, 0.3) is 0 Å². The van der Waals surface area contributed by atoms with E-state index in [2.05, 4.69) is 27.1 Å². The molecule has 132 valence electrons. The fraction of sp³-hybridized carbons (Fsp3) is 0.353. The maximum atomic E-state index is 13.0. The van der Waals surface area contributed by atoms with Crippen LogP contribution in [0.15, 0.2) is 46.1 Å². The molecule has 0 radical (unpaired) electrons. The minimum absolute atomic E-state index is 0. The minimum atomic E-state index is -0.248. The molecule has 4 nitrogen and oxygen atoms in total. The standard InChI is InChI=1S/C17H22FN3OS.HI/c1-3-19-17(20-10-13-8-9-23-12-13)21-11-16(22-2)14-4-6-15(18)7-5-14;/h4-9,12,16H,3,10-11H2,1-2H3,(H2,19,20,21);1H. The van der Waals surface area contributed by atoms with Crippen molar-refractivity contribution in [1.82, 2.24) is 10.6 Å². The van der Waals surface area contributed by atoms with Crippen molar-refractivity contribution in [2.45, 2.75) is 19.6 Å². The molecule has 1 unspecified atom stereocenters. The van der Waals surface area contributed by atoms with Gasteiger partial charge in [0.2, 0.25) is 0 Å². The molecule has 0 aliphatic heterocycles. The Hall–Kier alpha value is -1.19. The zero-order chi connectivity index (χ0) is 16.5. The summed E-state index contributed by atoms with van der Waals surface area (Å²) in [4.78, 5) is 4.56. The zero-order valence-electron chi connectivity index (χ0n) is 13.8. The van der Waals surface area contributed by atoms with Crippen LogP contribution in [-0.4, -0.2) is 26.2 Å². The third kappa shape index (κ3) is 6.74. The van der Waals surface area contributed by atoms with Gasteiger partial charge in [-0.1, -0.05) is 12.1 Å². The summed E-state index contributed by atoms with van der Waals surface area (Å²) in [6.45, 7) is 3.99. The Labute approximate surface area is 163 Å². The summed E-state index contributed by atoms with van der Waals surface area (Å²) in [6.07, 6.45) is -0.166. The van der Waals surface area contributed by atoms with Crippen LogP contribution >= 0.6 is 35.3 Å². The molecular weight excluding hydrogens is 440 g/mol. The van der Waals surface area contributed by atoms with Gasteiger partial charge in [-0.2, -0.15) is 11.3 Å². The van der Waals surface area contributed by atoms with Crippen molar-refractivity contribution in [3.8, 4) is 0 Å². The van der Waals surface area contributed by atoms with E-state index >= 15 is 0 Å². The highest BCUT2D eigenvalue weighted by atomic mass is 127. The molecule has 0 aliphatic rings. The largest absolute Gasteiger partial charge is 0.375 e. The molecule has 24 heavy (non-hydrogen) atoms. The summed E-state index contributed by atoms with van der Waals surface area (Å²) in [5, 5.41) is 10.6. The molecule has 0 bridgehead atoms. The average Bonchev–Trinajstić information content (AvgIpc) is 3.08. The molecule has 1 aromatic heterocycles. The number of thiophene rings is 1. The molecule has 2 aromatic rings. The van der Waals surface area contributed by atoms with Gasteiger partial charge in [-0.05, 0) is 47.0 Å². The summed E-state index contributed by atoms with van der Waals surface area (Å²) < 4.78 is 18.5. The van der Waals surface area contributed by atoms with Crippen LogP contribution in [0.2, 0.25) is 0 Å². The Morgan fingerprint density at radius 3 is 2.58 bits per heavy atom. The van der Waals surface area contributed by atoms with Crippen molar-refractivity contribution < 1.29 is 9.13 Å². The summed E-state index contributed by atoms with van der Waals surface area (Å²) in [6, 6.07) is 8.42. The first-order valence-electron chi connectivity index (χ1n) is 7.54. The number of hydrogen-bond acceptors (Lipinski definition) is 3. The van der Waals surface area contributed by atoms with E-state index in [1.54, 1.807) is 30.6 Å². The molecule has 0 saturated heterocycles. The second-order valence-corrected chi connectivity index (χ2v) is 5.76. The fourth-order valence-electron chi connectivity index (χ4n) is 2.10. The molecule has 0 aliphatic carbocycles. The van der Waals surface area contributed by atoms with Gasteiger partial charge >= 0.3 is 0 Å². The van der Waals surface area contributed by atoms with Crippen molar-refractivity contribution in [3.63, 3.8) is 0 Å². The lowest BCUT2D eigenvalue weighted by Crippen LogP contribution is -2.39. The van der Waals surface area contributed by atoms with E-state index < -0.39 is 0 Å². The third-order valence-electron chi connectivity index (χ3n) is 3.33. The molecular formula is C17H23FIN3OS. The summed E-state index contributed by atoms with van der Waals surface area (Å²) in [5.41, 5.74) is 2.11. The van der Waals surface area contributed by atoms with Crippen molar-refractivity contribution >= 4 is 41.3 Å². The number of nitrogens with zero attached hydrogens (tertiary/aromatic N) is 1. The molecule has 0 amide bonds. The Kier molecular flexibility index (Phi) is 9.89. The van der Waals surface area contributed by atoms with Gasteiger partial charge < -0.3 is 15.4 Å². The molecule has 1 heterocycles. The molecule has 2 N–H and O–H groups in total. The van der Waals surface area contributed by atoms with Gasteiger partial charge in [0.15, 0.2) is 5.96 Å². The Bertz CT molecular complexity index is 605. The SMILES string of the molecule is CCNC(=NCc1ccsc1)NCC(OC)c1ccc(F)cc1.I. The number of benzene rings is 1. The first-order valence-corrected chi connectivity index (χ1v) is 8.48. The van der Waals surface area contributed by atoms with Crippen molar-refractivity contribution in [2.24, 2.45) is 4.99 Å². The monoisotopic (exact) mass is 463 g/mol. The topological polar surface area (TPSA) is 45.7 Å². The first kappa shape index (κ1) is 20.9. The molecule has 7 heteroatoms. The van der Waals surface area contributed by atoms with Crippen LogP contribution in [-0.2, 0) is 11.3 Å². The lowest BCUT2D eigenvalue weighted by molar-refractivity contribution is 0.106. The number of ether oxygens (including phenoxy) is 1. The van der Waals surface area contributed by atoms with Gasteiger partial charge in [-0.3, -0.25) is 0 Å². The first-order chi connectivity index (χ1) is 11.2. The van der Waals surface area contributed by atoms with Gasteiger partial charge in [0, 0.05) is 20.2 Å². The van der Waals surface area contributed by atoms with E-state index in [0.717, 1.165) is 18.1 Å². The maximum absolute atomic E-state index is 13.0. The Morgan fingerprint density at radius 2 is 2.00 bits per heavy atom. The molecule has 0 spiro atoms. The molecule has 1 atom stereocenters. The van der Waals surface area contributed by atoms with Crippen molar-refractivity contribution in [2.75, 3.05) is 20.2 Å². The molecule has 0 saturated carbocycles. The van der Waals surface area contributed by atoms with E-state index in [1.807, 2.05) is 12.3 Å². The fourth-order valence-corrected chi connectivity index (χ4v) is 2.76. The van der Waals surface area contributed by atoms with Gasteiger partial charge in [-0.15, -0.1) is 24.0 Å². The summed E-state index contributed by atoms with van der Waals surface area (Å²) in [7, 11) is 1.64. The maximum Gasteiger partial charge on any atom is 0.191 e. The third-order valence-corrected chi connectivity index (χ3v) is 4.06. The van der Waals surface area contributed by atoms with E-state index in [9.17, 15) is 4.39 Å². The van der Waals surface area contributed by atoms with Gasteiger partial charge in [0.1, 0.15) is 5.82 Å². The highest BCUT2D eigenvalue weighted by Gasteiger charge is 2.11. The van der Waals surface area contributed by atoms with Crippen LogP contribution in [0.5, 0.6) is 0 Å². The average molecular weight is 463 g/mol. The van der Waals surface area contributed by atoms with E-state index in [1.165, 1.54) is 17.7 Å². The number of rotatable bonds is 7. The summed E-state index contributed by atoms with van der Waals surface area (Å²) in [5.74, 6) is 0.491. The number of methoxy groups -OCH3 is 1. The zero-order valence-corrected chi connectivity index (χ0v) is 16.9. The Morgan fingerprint density at radius 1 is 1.25 bits per heavy atom. The number of hydrogen-bond donors (Lipinski definition) is 2. The smallest absolute Gasteiger partial charge is 0.191 e. The van der Waals surface area contributed by atoms with Crippen LogP contribution in [0.4, 0.5) is 4.39 Å². The summed E-state index contributed by atoms with van der Waals surface area (Å²) >= 11 is 1.66. The highest BCUT2D eigenvalue weighted by Crippen LogP contribution is 2.16.